The fraction of sp³-hybridized carbons (Fsp3) is 0.529. The molecule has 2 aliphatic heterocycles. The zero-order chi connectivity index (χ0) is 19.9. The number of sulfonamides is 2. The van der Waals surface area contributed by atoms with Gasteiger partial charge in [-0.15, -0.1) is 10.2 Å². The molecule has 2 aromatic rings. The van der Waals surface area contributed by atoms with Crippen molar-refractivity contribution in [2.45, 2.75) is 48.6 Å². The van der Waals surface area contributed by atoms with Crippen LogP contribution in [0, 0.1) is 0 Å². The van der Waals surface area contributed by atoms with E-state index in [0.29, 0.717) is 18.9 Å². The summed E-state index contributed by atoms with van der Waals surface area (Å²) >= 11 is 0. The number of fused-ring (bicyclic) bond motifs is 1. The van der Waals surface area contributed by atoms with Gasteiger partial charge in [0.25, 0.3) is 0 Å². The van der Waals surface area contributed by atoms with Crippen LogP contribution in [0.1, 0.15) is 30.9 Å². The van der Waals surface area contributed by atoms with Gasteiger partial charge in [-0.2, -0.15) is 8.61 Å². The molecule has 9 nitrogen and oxygen atoms in total. The van der Waals surface area contributed by atoms with Gasteiger partial charge >= 0.3 is 0 Å². The van der Waals surface area contributed by atoms with E-state index in [1.54, 1.807) is 0 Å². The van der Waals surface area contributed by atoms with E-state index in [1.807, 2.05) is 4.57 Å². The van der Waals surface area contributed by atoms with Crippen LogP contribution < -0.4 is 0 Å². The minimum Gasteiger partial charge on any atom is -0.314 e. The first-order valence-corrected chi connectivity index (χ1v) is 12.2. The normalized spacial score (nSPS) is 18.1. The number of aryl methyl sites for hydroxylation is 1. The molecule has 1 aromatic heterocycles. The molecule has 1 fully saturated rings. The Kier molecular flexibility index (Phi) is 5.02. The monoisotopic (exact) mass is 425 g/mol. The van der Waals surface area contributed by atoms with Crippen molar-refractivity contribution < 1.29 is 16.8 Å². The van der Waals surface area contributed by atoms with Crippen molar-refractivity contribution in [3.63, 3.8) is 0 Å². The van der Waals surface area contributed by atoms with E-state index in [0.717, 1.165) is 38.1 Å². The van der Waals surface area contributed by atoms with Crippen LogP contribution in [0.15, 0.2) is 34.1 Å². The van der Waals surface area contributed by atoms with Crippen molar-refractivity contribution in [3.05, 3.63) is 35.9 Å². The summed E-state index contributed by atoms with van der Waals surface area (Å²) in [6.45, 7) is 1.93. The summed E-state index contributed by atoms with van der Waals surface area (Å²) in [5.41, 5.74) is 0. The Morgan fingerprint density at radius 1 is 0.929 bits per heavy atom. The van der Waals surface area contributed by atoms with E-state index < -0.39 is 20.0 Å². The Bertz CT molecular complexity index is 1070. The number of benzene rings is 1. The van der Waals surface area contributed by atoms with Gasteiger partial charge in [-0.05, 0) is 43.5 Å². The molecular weight excluding hydrogens is 402 g/mol. The summed E-state index contributed by atoms with van der Waals surface area (Å²) in [4.78, 5) is 0.169. The average Bonchev–Trinajstić information content (AvgIpc) is 3.41. The van der Waals surface area contributed by atoms with E-state index in [4.69, 9.17) is 0 Å². The molecule has 2 aliphatic rings. The van der Waals surface area contributed by atoms with E-state index in [2.05, 4.69) is 10.2 Å². The van der Waals surface area contributed by atoms with Crippen LogP contribution in [0.25, 0.3) is 0 Å². The zero-order valence-electron chi connectivity index (χ0n) is 15.7. The van der Waals surface area contributed by atoms with Crippen molar-refractivity contribution in [3.8, 4) is 0 Å². The van der Waals surface area contributed by atoms with Gasteiger partial charge in [0.05, 0.1) is 16.3 Å². The molecular formula is C17H23N5O4S2. The quantitative estimate of drug-likeness (QED) is 0.679. The van der Waals surface area contributed by atoms with Gasteiger partial charge in [0.15, 0.2) is 0 Å². The van der Waals surface area contributed by atoms with Gasteiger partial charge in [0.2, 0.25) is 20.0 Å². The Hall–Kier alpha value is -1.82. The number of hydrogen-bond donors (Lipinski definition) is 0. The minimum atomic E-state index is -3.77. The highest BCUT2D eigenvalue weighted by atomic mass is 32.2. The van der Waals surface area contributed by atoms with Gasteiger partial charge in [-0.3, -0.25) is 0 Å². The summed E-state index contributed by atoms with van der Waals surface area (Å²) in [6.07, 6.45) is 3.54. The van der Waals surface area contributed by atoms with E-state index in [1.165, 1.54) is 39.9 Å². The largest absolute Gasteiger partial charge is 0.314 e. The van der Waals surface area contributed by atoms with Crippen LogP contribution in [0.4, 0.5) is 0 Å². The lowest BCUT2D eigenvalue weighted by atomic mass is 10.4. The number of aromatic nitrogens is 3. The Morgan fingerprint density at radius 3 is 2.25 bits per heavy atom. The first kappa shape index (κ1) is 19.5. The summed E-state index contributed by atoms with van der Waals surface area (Å²) < 4.78 is 55.6. The number of nitrogens with zero attached hydrogens (tertiary/aromatic N) is 5. The maximum absolute atomic E-state index is 12.9. The predicted molar refractivity (Wildman–Crippen MR) is 101 cm³/mol. The Morgan fingerprint density at radius 2 is 1.57 bits per heavy atom. The Balaban J connectivity index is 1.54. The zero-order valence-corrected chi connectivity index (χ0v) is 17.3. The smallest absolute Gasteiger partial charge is 0.243 e. The second-order valence-corrected chi connectivity index (χ2v) is 11.1. The molecule has 0 saturated carbocycles. The maximum atomic E-state index is 12.9. The Labute approximate surface area is 165 Å². The summed E-state index contributed by atoms with van der Waals surface area (Å²) in [5, 5.41) is 8.20. The lowest BCUT2D eigenvalue weighted by Gasteiger charge is -2.18. The molecule has 4 rings (SSSR count). The summed E-state index contributed by atoms with van der Waals surface area (Å²) in [6, 6.07) is 5.43. The molecule has 3 heterocycles. The molecule has 0 N–H and O–H groups in total. The fourth-order valence-corrected chi connectivity index (χ4v) is 6.30. The third-order valence-corrected chi connectivity index (χ3v) is 9.02. The summed E-state index contributed by atoms with van der Waals surface area (Å²) in [7, 11) is -5.85. The number of rotatable bonds is 6. The van der Waals surface area contributed by atoms with Crippen LogP contribution in [0.2, 0.25) is 0 Å². The highest BCUT2D eigenvalue weighted by molar-refractivity contribution is 7.89. The van der Waals surface area contributed by atoms with Crippen molar-refractivity contribution in [2.24, 2.45) is 0 Å². The fourth-order valence-electron chi connectivity index (χ4n) is 3.65. The van der Waals surface area contributed by atoms with Gasteiger partial charge in [0.1, 0.15) is 11.6 Å². The second kappa shape index (κ2) is 7.21. The molecule has 0 amide bonds. The van der Waals surface area contributed by atoms with Crippen molar-refractivity contribution in [1.82, 2.24) is 23.4 Å². The molecule has 1 aromatic carbocycles. The van der Waals surface area contributed by atoms with Gasteiger partial charge < -0.3 is 4.57 Å². The predicted octanol–water partition coefficient (Wildman–Crippen LogP) is 0.829. The minimum absolute atomic E-state index is 0.0523. The SMILES string of the molecule is CN(Cc1nnc2n1CCC2)S(=O)(=O)c1ccc(S(=O)(=O)N2CCCC2)cc1. The van der Waals surface area contributed by atoms with E-state index in [9.17, 15) is 16.8 Å². The van der Waals surface area contributed by atoms with E-state index in [-0.39, 0.29) is 16.3 Å². The highest BCUT2D eigenvalue weighted by Crippen LogP contribution is 2.24. The van der Waals surface area contributed by atoms with Gasteiger partial charge in [-0.25, -0.2) is 16.8 Å². The third-order valence-electron chi connectivity index (χ3n) is 5.28. The molecule has 0 spiro atoms. The van der Waals surface area contributed by atoms with Gasteiger partial charge in [-0.1, -0.05) is 0 Å². The van der Waals surface area contributed by atoms with Crippen molar-refractivity contribution in [2.75, 3.05) is 20.1 Å². The maximum Gasteiger partial charge on any atom is 0.243 e. The molecule has 0 atom stereocenters. The molecule has 28 heavy (non-hydrogen) atoms. The van der Waals surface area contributed by atoms with Crippen LogP contribution in [0.3, 0.4) is 0 Å². The van der Waals surface area contributed by atoms with Crippen LogP contribution >= 0.6 is 0 Å². The molecule has 0 aliphatic carbocycles. The first-order valence-electron chi connectivity index (χ1n) is 9.28. The first-order chi connectivity index (χ1) is 13.3. The molecule has 0 radical (unpaired) electrons. The lowest BCUT2D eigenvalue weighted by Crippen LogP contribution is -2.29. The number of hydrogen-bond acceptors (Lipinski definition) is 6. The second-order valence-electron chi connectivity index (χ2n) is 7.13. The van der Waals surface area contributed by atoms with Crippen LogP contribution in [-0.4, -0.2) is 60.3 Å². The highest BCUT2D eigenvalue weighted by Gasteiger charge is 2.29. The topological polar surface area (TPSA) is 105 Å². The average molecular weight is 426 g/mol. The molecule has 0 unspecified atom stereocenters. The van der Waals surface area contributed by atoms with Crippen molar-refractivity contribution >= 4 is 20.0 Å². The van der Waals surface area contributed by atoms with Crippen LogP contribution in [-0.2, 0) is 39.6 Å². The third kappa shape index (κ3) is 3.36. The van der Waals surface area contributed by atoms with Crippen LogP contribution in [0.5, 0.6) is 0 Å². The standard InChI is InChI=1S/C17H23N5O4S2/c1-20(13-17-19-18-16-5-4-12-22(16)17)27(23,24)14-6-8-15(9-7-14)28(25,26)21-10-2-3-11-21/h6-9H,2-5,10-13H2,1H3. The molecule has 11 heteroatoms. The molecule has 152 valence electrons. The van der Waals surface area contributed by atoms with Gasteiger partial charge in [0, 0.05) is 33.1 Å². The molecule has 1 saturated heterocycles. The molecule has 0 bridgehead atoms. The van der Waals surface area contributed by atoms with E-state index >= 15 is 0 Å². The lowest BCUT2D eigenvalue weighted by molar-refractivity contribution is 0.446. The summed E-state index contributed by atoms with van der Waals surface area (Å²) in [5.74, 6) is 1.50. The van der Waals surface area contributed by atoms with Crippen molar-refractivity contribution in [1.29, 1.82) is 0 Å².